The first kappa shape index (κ1) is 22.6. The number of rotatable bonds is 7. The van der Waals surface area contributed by atoms with Crippen LogP contribution < -0.4 is 14.2 Å². The smallest absolute Gasteiger partial charge is 0.262 e. The zero-order valence-electron chi connectivity index (χ0n) is 17.3. The SMILES string of the molecule is COc1ccc(S(=O)(=O)Nc2ccc(S(=O)(=O)Nc3cccc4ccccc34)cc2)cc1F. The highest BCUT2D eigenvalue weighted by molar-refractivity contribution is 7.93. The average molecular weight is 487 g/mol. The number of hydrogen-bond acceptors (Lipinski definition) is 5. The van der Waals surface area contributed by atoms with Gasteiger partial charge < -0.3 is 4.74 Å². The molecule has 0 aliphatic carbocycles. The molecule has 4 aromatic carbocycles. The summed E-state index contributed by atoms with van der Waals surface area (Å²) in [6, 6.07) is 21.1. The molecule has 0 amide bonds. The summed E-state index contributed by atoms with van der Waals surface area (Å²) in [5.74, 6) is -0.900. The Hall–Kier alpha value is -3.63. The maximum absolute atomic E-state index is 13.9. The van der Waals surface area contributed by atoms with Crippen LogP contribution in [0.3, 0.4) is 0 Å². The summed E-state index contributed by atoms with van der Waals surface area (Å²) in [5.41, 5.74) is 0.551. The molecule has 0 unspecified atom stereocenters. The summed E-state index contributed by atoms with van der Waals surface area (Å²) in [5, 5.41) is 1.64. The topological polar surface area (TPSA) is 102 Å². The molecule has 10 heteroatoms. The number of methoxy groups -OCH3 is 1. The van der Waals surface area contributed by atoms with Gasteiger partial charge in [0.15, 0.2) is 11.6 Å². The molecule has 170 valence electrons. The highest BCUT2D eigenvalue weighted by atomic mass is 32.2. The molecule has 7 nitrogen and oxygen atoms in total. The fraction of sp³-hybridized carbons (Fsp3) is 0.0435. The summed E-state index contributed by atoms with van der Waals surface area (Å²) >= 11 is 0. The maximum Gasteiger partial charge on any atom is 0.262 e. The fourth-order valence-corrected chi connectivity index (χ4v) is 5.40. The van der Waals surface area contributed by atoms with E-state index in [9.17, 15) is 21.2 Å². The van der Waals surface area contributed by atoms with Crippen LogP contribution in [0.2, 0.25) is 0 Å². The van der Waals surface area contributed by atoms with Crippen LogP contribution in [0.15, 0.2) is 94.7 Å². The molecule has 0 bridgehead atoms. The Morgan fingerprint density at radius 2 is 1.36 bits per heavy atom. The predicted octanol–water partition coefficient (Wildman–Crippen LogP) is 4.59. The second-order valence-electron chi connectivity index (χ2n) is 7.06. The molecule has 4 aromatic rings. The van der Waals surface area contributed by atoms with E-state index in [0.717, 1.165) is 16.8 Å². The minimum Gasteiger partial charge on any atom is -0.494 e. The number of ether oxygens (including phenoxy) is 1. The van der Waals surface area contributed by atoms with Gasteiger partial charge in [-0.2, -0.15) is 0 Å². The minimum atomic E-state index is -4.09. The Balaban J connectivity index is 1.55. The Morgan fingerprint density at radius 3 is 2.06 bits per heavy atom. The third kappa shape index (κ3) is 4.76. The standard InChI is InChI=1S/C23H19FN2O5S2/c1-31-23-14-13-19(15-21(23)24)33(29,30)25-17-9-11-18(12-10-17)32(27,28)26-22-8-4-6-16-5-2-3-7-20(16)22/h2-15,25-26H,1H3. The summed E-state index contributed by atoms with van der Waals surface area (Å²) in [4.78, 5) is -0.344. The van der Waals surface area contributed by atoms with Gasteiger partial charge in [-0.05, 0) is 53.9 Å². The number of nitrogens with one attached hydrogen (secondary N) is 2. The van der Waals surface area contributed by atoms with Crippen molar-refractivity contribution in [1.29, 1.82) is 0 Å². The highest BCUT2D eigenvalue weighted by Crippen LogP contribution is 2.27. The lowest BCUT2D eigenvalue weighted by molar-refractivity contribution is 0.385. The summed E-state index contributed by atoms with van der Waals surface area (Å²) in [6.45, 7) is 0. The molecule has 0 aromatic heterocycles. The van der Waals surface area contributed by atoms with Crippen molar-refractivity contribution in [3.8, 4) is 5.75 Å². The molecule has 0 saturated carbocycles. The van der Waals surface area contributed by atoms with E-state index in [0.29, 0.717) is 5.69 Å². The van der Waals surface area contributed by atoms with E-state index in [1.165, 1.54) is 43.5 Å². The number of halogens is 1. The number of fused-ring (bicyclic) bond motifs is 1. The Labute approximate surface area is 190 Å². The summed E-state index contributed by atoms with van der Waals surface area (Å²) < 4.78 is 74.4. The highest BCUT2D eigenvalue weighted by Gasteiger charge is 2.19. The number of sulfonamides is 2. The Bertz CT molecular complexity index is 1530. The van der Waals surface area contributed by atoms with Gasteiger partial charge in [0.25, 0.3) is 20.0 Å². The monoisotopic (exact) mass is 486 g/mol. The number of benzene rings is 4. The first-order chi connectivity index (χ1) is 15.7. The van der Waals surface area contributed by atoms with E-state index in [2.05, 4.69) is 9.44 Å². The van der Waals surface area contributed by atoms with E-state index >= 15 is 0 Å². The van der Waals surface area contributed by atoms with Crippen molar-refractivity contribution in [3.05, 3.63) is 90.7 Å². The van der Waals surface area contributed by atoms with E-state index < -0.39 is 25.9 Å². The van der Waals surface area contributed by atoms with Crippen molar-refractivity contribution in [2.75, 3.05) is 16.6 Å². The van der Waals surface area contributed by atoms with Crippen LogP contribution in [0, 0.1) is 5.82 Å². The van der Waals surface area contributed by atoms with Crippen LogP contribution in [-0.4, -0.2) is 23.9 Å². The lowest BCUT2D eigenvalue weighted by atomic mass is 10.1. The fourth-order valence-electron chi connectivity index (χ4n) is 3.25. The molecule has 0 heterocycles. The molecule has 33 heavy (non-hydrogen) atoms. The predicted molar refractivity (Wildman–Crippen MR) is 125 cm³/mol. The van der Waals surface area contributed by atoms with E-state index in [-0.39, 0.29) is 21.2 Å². The van der Waals surface area contributed by atoms with E-state index in [1.54, 1.807) is 12.1 Å². The van der Waals surface area contributed by atoms with Crippen molar-refractivity contribution in [3.63, 3.8) is 0 Å². The summed E-state index contributed by atoms with van der Waals surface area (Å²) in [7, 11) is -6.74. The van der Waals surface area contributed by atoms with Crippen molar-refractivity contribution >= 4 is 42.2 Å². The van der Waals surface area contributed by atoms with E-state index in [1.807, 2.05) is 30.3 Å². The van der Waals surface area contributed by atoms with Crippen LogP contribution >= 0.6 is 0 Å². The first-order valence-electron chi connectivity index (χ1n) is 9.67. The lowest BCUT2D eigenvalue weighted by Crippen LogP contribution is -2.15. The van der Waals surface area contributed by atoms with Gasteiger partial charge in [-0.1, -0.05) is 36.4 Å². The molecule has 4 rings (SSSR count). The van der Waals surface area contributed by atoms with Gasteiger partial charge in [-0.25, -0.2) is 21.2 Å². The van der Waals surface area contributed by atoms with E-state index in [4.69, 9.17) is 4.74 Å². The number of hydrogen-bond donors (Lipinski definition) is 2. The van der Waals surface area contributed by atoms with Crippen molar-refractivity contribution in [1.82, 2.24) is 0 Å². The van der Waals surface area contributed by atoms with Crippen LogP contribution in [0.5, 0.6) is 5.75 Å². The third-order valence-corrected chi connectivity index (χ3v) is 7.64. The van der Waals surface area contributed by atoms with Gasteiger partial charge in [0, 0.05) is 11.1 Å². The lowest BCUT2D eigenvalue weighted by Gasteiger charge is -2.12. The zero-order valence-corrected chi connectivity index (χ0v) is 19.0. The molecule has 0 saturated heterocycles. The van der Waals surface area contributed by atoms with Gasteiger partial charge in [-0.3, -0.25) is 9.44 Å². The van der Waals surface area contributed by atoms with Crippen LogP contribution in [0.4, 0.5) is 15.8 Å². The molecule has 0 aliphatic rings. The van der Waals surface area contributed by atoms with Crippen LogP contribution in [-0.2, 0) is 20.0 Å². The van der Waals surface area contributed by atoms with Crippen LogP contribution in [0.1, 0.15) is 0 Å². The van der Waals surface area contributed by atoms with Gasteiger partial charge in [-0.15, -0.1) is 0 Å². The minimum absolute atomic E-state index is 0.0473. The third-order valence-electron chi connectivity index (χ3n) is 4.88. The number of anilines is 2. The average Bonchev–Trinajstić information content (AvgIpc) is 2.79. The van der Waals surface area contributed by atoms with Gasteiger partial charge in [0.05, 0.1) is 22.6 Å². The molecule has 0 atom stereocenters. The molecule has 0 fully saturated rings. The van der Waals surface area contributed by atoms with Gasteiger partial charge in [0.1, 0.15) is 0 Å². The van der Waals surface area contributed by atoms with Crippen molar-refractivity contribution < 1.29 is 26.0 Å². The van der Waals surface area contributed by atoms with Gasteiger partial charge >= 0.3 is 0 Å². The normalized spacial score (nSPS) is 11.8. The van der Waals surface area contributed by atoms with Crippen molar-refractivity contribution in [2.45, 2.75) is 9.79 Å². The second kappa shape index (κ2) is 8.72. The molecule has 0 spiro atoms. The first-order valence-corrected chi connectivity index (χ1v) is 12.6. The molecular weight excluding hydrogens is 467 g/mol. The van der Waals surface area contributed by atoms with Gasteiger partial charge in [0.2, 0.25) is 0 Å². The molecule has 2 N–H and O–H groups in total. The second-order valence-corrected chi connectivity index (χ2v) is 10.4. The zero-order chi connectivity index (χ0) is 23.6. The summed E-state index contributed by atoms with van der Waals surface area (Å²) in [6.07, 6.45) is 0. The molecule has 0 radical (unpaired) electrons. The quantitative estimate of drug-likeness (QED) is 0.398. The Kier molecular flexibility index (Phi) is 5.96. The molecular formula is C23H19FN2O5S2. The Morgan fingerprint density at radius 1 is 0.727 bits per heavy atom. The maximum atomic E-state index is 13.9. The van der Waals surface area contributed by atoms with Crippen LogP contribution in [0.25, 0.3) is 10.8 Å². The largest absolute Gasteiger partial charge is 0.494 e. The van der Waals surface area contributed by atoms with Crippen molar-refractivity contribution in [2.24, 2.45) is 0 Å². The molecule has 0 aliphatic heterocycles.